The number of likely N-dealkylation sites (tertiary alicyclic amines) is 1. The van der Waals surface area contributed by atoms with Crippen molar-refractivity contribution < 1.29 is 13.6 Å². The molecule has 6 rings (SSSR count). The lowest BCUT2D eigenvalue weighted by atomic mass is 10.0. The maximum Gasteiger partial charge on any atom is 0.259 e. The van der Waals surface area contributed by atoms with Crippen molar-refractivity contribution in [3.8, 4) is 5.69 Å². The molecular weight excluding hydrogens is 428 g/mol. The Morgan fingerprint density at radius 2 is 1.73 bits per heavy atom. The first-order chi connectivity index (χ1) is 16.1. The summed E-state index contributed by atoms with van der Waals surface area (Å²) in [4.78, 5) is 27.3. The van der Waals surface area contributed by atoms with Crippen molar-refractivity contribution in [2.24, 2.45) is 11.8 Å². The van der Waals surface area contributed by atoms with Crippen LogP contribution in [0, 0.1) is 23.5 Å². The first-order valence-corrected chi connectivity index (χ1v) is 10.7. The second-order valence-corrected chi connectivity index (χ2v) is 8.46. The van der Waals surface area contributed by atoms with Gasteiger partial charge in [0.15, 0.2) is 0 Å². The first-order valence-electron chi connectivity index (χ1n) is 10.7. The molecule has 8 nitrogen and oxygen atoms in total. The second kappa shape index (κ2) is 7.58. The van der Waals surface area contributed by atoms with Gasteiger partial charge < -0.3 is 9.80 Å². The van der Waals surface area contributed by atoms with E-state index in [1.807, 2.05) is 0 Å². The third kappa shape index (κ3) is 3.38. The van der Waals surface area contributed by atoms with Gasteiger partial charge >= 0.3 is 0 Å². The Hall–Kier alpha value is -3.95. The van der Waals surface area contributed by atoms with E-state index in [9.17, 15) is 13.6 Å². The number of amides is 1. The predicted octanol–water partition coefficient (Wildman–Crippen LogP) is 2.70. The van der Waals surface area contributed by atoms with Gasteiger partial charge in [-0.1, -0.05) is 6.07 Å². The number of anilines is 1. The predicted molar refractivity (Wildman–Crippen MR) is 116 cm³/mol. The average molecular weight is 447 g/mol. The van der Waals surface area contributed by atoms with Crippen LogP contribution in [0.4, 0.5) is 14.7 Å². The van der Waals surface area contributed by atoms with Gasteiger partial charge in [-0.15, -0.1) is 0 Å². The number of benzene rings is 2. The normalized spacial score (nSPS) is 19.9. The van der Waals surface area contributed by atoms with Crippen LogP contribution in [0.5, 0.6) is 0 Å². The molecule has 4 heterocycles. The first kappa shape index (κ1) is 19.7. The molecule has 2 unspecified atom stereocenters. The lowest BCUT2D eigenvalue weighted by Gasteiger charge is -2.23. The molecular formula is C23H19F2N7O. The minimum atomic E-state index is -0.592. The molecule has 2 aromatic carbocycles. The Bertz CT molecular complexity index is 1350. The van der Waals surface area contributed by atoms with E-state index < -0.39 is 5.82 Å². The van der Waals surface area contributed by atoms with E-state index in [1.165, 1.54) is 41.5 Å². The smallest absolute Gasteiger partial charge is 0.259 e. The van der Waals surface area contributed by atoms with Gasteiger partial charge in [-0.2, -0.15) is 15.0 Å². The maximum atomic E-state index is 14.7. The molecule has 2 atom stereocenters. The molecule has 4 aromatic rings. The molecule has 0 bridgehead atoms. The average Bonchev–Trinajstić information content (AvgIpc) is 3.54. The van der Waals surface area contributed by atoms with Crippen molar-refractivity contribution in [2.75, 3.05) is 31.1 Å². The summed E-state index contributed by atoms with van der Waals surface area (Å²) in [5.41, 5.74) is 0.860. The van der Waals surface area contributed by atoms with Gasteiger partial charge in [0.2, 0.25) is 5.95 Å². The molecule has 166 valence electrons. The molecule has 2 aromatic heterocycles. The summed E-state index contributed by atoms with van der Waals surface area (Å²) in [6, 6.07) is 8.90. The quantitative estimate of drug-likeness (QED) is 0.481. The number of rotatable bonds is 3. The topological polar surface area (TPSA) is 80.0 Å². The highest BCUT2D eigenvalue weighted by molar-refractivity contribution is 5.98. The van der Waals surface area contributed by atoms with Crippen LogP contribution in [0.3, 0.4) is 0 Å². The highest BCUT2D eigenvalue weighted by Gasteiger charge is 2.43. The molecule has 1 amide bonds. The highest BCUT2D eigenvalue weighted by Crippen LogP contribution is 2.34. The SMILES string of the molecule is O=C(c1c(F)cccc1-n1nccn1)N1CC2CN(c3ncc4ccc(F)cc4n3)CC2C1. The third-order valence-electron chi connectivity index (χ3n) is 6.43. The van der Waals surface area contributed by atoms with Gasteiger partial charge in [0.05, 0.1) is 17.9 Å². The molecule has 0 N–H and O–H groups in total. The highest BCUT2D eigenvalue weighted by atomic mass is 19.1. The number of hydrogen-bond donors (Lipinski definition) is 0. The van der Waals surface area contributed by atoms with E-state index in [2.05, 4.69) is 25.1 Å². The summed E-state index contributed by atoms with van der Waals surface area (Å²) in [5, 5.41) is 8.88. The number of fused-ring (bicyclic) bond motifs is 2. The Labute approximate surface area is 187 Å². The Morgan fingerprint density at radius 1 is 0.970 bits per heavy atom. The number of halogens is 2. The van der Waals surface area contributed by atoms with Crippen LogP contribution in [-0.4, -0.2) is 61.9 Å². The molecule has 10 heteroatoms. The van der Waals surface area contributed by atoms with Crippen molar-refractivity contribution >= 4 is 22.8 Å². The second-order valence-electron chi connectivity index (χ2n) is 8.46. The Kier molecular flexibility index (Phi) is 4.53. The fourth-order valence-electron chi connectivity index (χ4n) is 4.85. The van der Waals surface area contributed by atoms with Crippen LogP contribution < -0.4 is 4.90 Å². The van der Waals surface area contributed by atoms with E-state index in [1.54, 1.807) is 23.2 Å². The van der Waals surface area contributed by atoms with E-state index in [4.69, 9.17) is 0 Å². The molecule has 2 aliphatic heterocycles. The van der Waals surface area contributed by atoms with Crippen LogP contribution in [0.1, 0.15) is 10.4 Å². The van der Waals surface area contributed by atoms with E-state index in [0.717, 1.165) is 5.39 Å². The molecule has 33 heavy (non-hydrogen) atoms. The van der Waals surface area contributed by atoms with Gasteiger partial charge in [-0.05, 0) is 24.3 Å². The lowest BCUT2D eigenvalue weighted by Crippen LogP contribution is -2.34. The number of hydrogen-bond acceptors (Lipinski definition) is 6. The van der Waals surface area contributed by atoms with Crippen molar-refractivity contribution in [2.45, 2.75) is 0 Å². The van der Waals surface area contributed by atoms with Crippen molar-refractivity contribution in [1.29, 1.82) is 0 Å². The van der Waals surface area contributed by atoms with Gasteiger partial charge in [-0.25, -0.2) is 18.7 Å². The molecule has 0 aliphatic carbocycles. The van der Waals surface area contributed by atoms with Crippen molar-refractivity contribution in [1.82, 2.24) is 29.9 Å². The van der Waals surface area contributed by atoms with Crippen LogP contribution in [-0.2, 0) is 0 Å². The van der Waals surface area contributed by atoms with Gasteiger partial charge in [-0.3, -0.25) is 4.79 Å². The summed E-state index contributed by atoms with van der Waals surface area (Å²) in [6.45, 7) is 2.39. The fourth-order valence-corrected chi connectivity index (χ4v) is 4.85. The summed E-state index contributed by atoms with van der Waals surface area (Å²) in [7, 11) is 0. The van der Waals surface area contributed by atoms with Crippen molar-refractivity contribution in [3.63, 3.8) is 0 Å². The van der Waals surface area contributed by atoms with Crippen LogP contribution in [0.25, 0.3) is 16.6 Å². The summed E-state index contributed by atoms with van der Waals surface area (Å²) in [6.07, 6.45) is 4.67. The van der Waals surface area contributed by atoms with Crippen LogP contribution in [0.15, 0.2) is 55.0 Å². The molecule has 0 spiro atoms. The molecule has 0 radical (unpaired) electrons. The maximum absolute atomic E-state index is 14.7. The van der Waals surface area contributed by atoms with Gasteiger partial charge in [0.1, 0.15) is 22.9 Å². The summed E-state index contributed by atoms with van der Waals surface area (Å²) >= 11 is 0. The third-order valence-corrected chi connectivity index (χ3v) is 6.43. The summed E-state index contributed by atoms with van der Waals surface area (Å²) in [5.74, 6) is -0.291. The Balaban J connectivity index is 1.21. The van der Waals surface area contributed by atoms with E-state index in [0.29, 0.717) is 43.3 Å². The standard InChI is InChI=1S/C23H19F2N7O/c24-17-5-4-14-9-26-23(29-19(14)8-17)31-12-15-10-30(11-16(15)13-31)22(33)21-18(25)2-1-3-20(21)32-27-6-7-28-32/h1-9,15-16H,10-13H2. The summed E-state index contributed by atoms with van der Waals surface area (Å²) < 4.78 is 28.3. The minimum Gasteiger partial charge on any atom is -0.340 e. The lowest BCUT2D eigenvalue weighted by molar-refractivity contribution is 0.0777. The zero-order chi connectivity index (χ0) is 22.5. The molecule has 2 aliphatic rings. The molecule has 0 saturated carbocycles. The zero-order valence-corrected chi connectivity index (χ0v) is 17.5. The number of aromatic nitrogens is 5. The molecule has 2 saturated heterocycles. The van der Waals surface area contributed by atoms with Crippen LogP contribution in [0.2, 0.25) is 0 Å². The van der Waals surface area contributed by atoms with Gasteiger partial charge in [0.25, 0.3) is 5.91 Å². The fraction of sp³-hybridized carbons (Fsp3) is 0.261. The minimum absolute atomic E-state index is 0.0228. The zero-order valence-electron chi connectivity index (χ0n) is 17.5. The van der Waals surface area contributed by atoms with E-state index in [-0.39, 0.29) is 29.1 Å². The largest absolute Gasteiger partial charge is 0.340 e. The molecule has 2 fully saturated rings. The number of carbonyl (C=O) groups excluding carboxylic acids is 1. The van der Waals surface area contributed by atoms with Gasteiger partial charge in [0, 0.05) is 55.7 Å². The number of carbonyl (C=O) groups is 1. The van der Waals surface area contributed by atoms with E-state index >= 15 is 0 Å². The van der Waals surface area contributed by atoms with Crippen molar-refractivity contribution in [3.05, 3.63) is 72.2 Å². The Morgan fingerprint density at radius 3 is 2.48 bits per heavy atom. The monoisotopic (exact) mass is 447 g/mol. The van der Waals surface area contributed by atoms with Crippen LogP contribution >= 0.6 is 0 Å². The number of nitrogens with zero attached hydrogens (tertiary/aromatic N) is 7.